The second-order valence-electron chi connectivity index (χ2n) is 8.01. The van der Waals surface area contributed by atoms with Crippen LogP contribution in [0.2, 0.25) is 0 Å². The number of fused-ring (bicyclic) bond motifs is 1. The molecule has 30 heavy (non-hydrogen) atoms. The molecule has 2 N–H and O–H groups in total. The van der Waals surface area contributed by atoms with Crippen molar-refractivity contribution < 1.29 is 9.47 Å². The molecule has 2 aliphatic heterocycles. The molecule has 4 rings (SSSR count). The first-order valence-electron chi connectivity index (χ1n) is 10.9. The van der Waals surface area contributed by atoms with Crippen molar-refractivity contribution in [3.8, 4) is 11.5 Å². The molecule has 6 heteroatoms. The van der Waals surface area contributed by atoms with Crippen molar-refractivity contribution in [2.24, 2.45) is 10.9 Å². The highest BCUT2D eigenvalue weighted by molar-refractivity contribution is 5.79. The van der Waals surface area contributed by atoms with Crippen LogP contribution >= 0.6 is 0 Å². The Labute approximate surface area is 179 Å². The highest BCUT2D eigenvalue weighted by atomic mass is 16.7. The molecule has 6 nitrogen and oxygen atoms in total. The third-order valence-corrected chi connectivity index (χ3v) is 5.85. The van der Waals surface area contributed by atoms with E-state index in [2.05, 4.69) is 63.0 Å². The Balaban J connectivity index is 1.13. The van der Waals surface area contributed by atoms with E-state index in [1.54, 1.807) is 0 Å². The average molecular weight is 409 g/mol. The highest BCUT2D eigenvalue weighted by Gasteiger charge is 2.22. The largest absolute Gasteiger partial charge is 0.454 e. The van der Waals surface area contributed by atoms with Crippen molar-refractivity contribution in [3.05, 3.63) is 59.7 Å². The van der Waals surface area contributed by atoms with Gasteiger partial charge in [-0.15, -0.1) is 0 Å². The van der Waals surface area contributed by atoms with Crippen LogP contribution < -0.4 is 20.1 Å². The number of benzene rings is 2. The Morgan fingerprint density at radius 1 is 1.03 bits per heavy atom. The van der Waals surface area contributed by atoms with Crippen LogP contribution in [0.4, 0.5) is 0 Å². The van der Waals surface area contributed by atoms with E-state index in [0.29, 0.717) is 12.7 Å². The van der Waals surface area contributed by atoms with Gasteiger partial charge in [-0.2, -0.15) is 0 Å². The molecule has 2 aliphatic rings. The minimum atomic E-state index is 0.318. The second kappa shape index (κ2) is 10.3. The minimum absolute atomic E-state index is 0.318. The molecule has 2 aromatic carbocycles. The summed E-state index contributed by atoms with van der Waals surface area (Å²) in [5, 5.41) is 6.92. The summed E-state index contributed by atoms with van der Waals surface area (Å²) in [6, 6.07) is 16.9. The van der Waals surface area contributed by atoms with Crippen LogP contribution in [0.3, 0.4) is 0 Å². The Hall–Kier alpha value is -2.73. The number of guanidine groups is 1. The number of likely N-dealkylation sites (tertiary alicyclic amines) is 1. The standard InChI is InChI=1S/C24H32N4O2/c1-25-24(26-12-9-20-7-8-22-23(15-20)30-18-29-22)27-16-21-11-14-28(17-21)13-10-19-5-3-2-4-6-19/h2-8,15,21H,9-14,16-18H2,1H3,(H2,25,26,27). The molecular formula is C24H32N4O2. The van der Waals surface area contributed by atoms with E-state index in [-0.39, 0.29) is 0 Å². The molecule has 0 saturated carbocycles. The van der Waals surface area contributed by atoms with Gasteiger partial charge in [-0.3, -0.25) is 4.99 Å². The summed E-state index contributed by atoms with van der Waals surface area (Å²) < 4.78 is 10.8. The number of hydrogen-bond donors (Lipinski definition) is 2. The van der Waals surface area contributed by atoms with Gasteiger partial charge in [0.05, 0.1) is 0 Å². The first-order valence-corrected chi connectivity index (χ1v) is 10.9. The number of nitrogens with one attached hydrogen (secondary N) is 2. The van der Waals surface area contributed by atoms with E-state index in [1.165, 1.54) is 24.1 Å². The maximum Gasteiger partial charge on any atom is 0.231 e. The molecule has 1 saturated heterocycles. The zero-order chi connectivity index (χ0) is 20.6. The highest BCUT2D eigenvalue weighted by Crippen LogP contribution is 2.32. The zero-order valence-corrected chi connectivity index (χ0v) is 17.8. The molecule has 1 fully saturated rings. The lowest BCUT2D eigenvalue weighted by Gasteiger charge is -2.17. The van der Waals surface area contributed by atoms with Gasteiger partial charge in [-0.05, 0) is 55.0 Å². The predicted octanol–water partition coefficient (Wildman–Crippen LogP) is 2.69. The Bertz CT molecular complexity index is 840. The number of aliphatic imine (C=N–C) groups is 1. The maximum atomic E-state index is 5.45. The third-order valence-electron chi connectivity index (χ3n) is 5.85. The normalized spacial score (nSPS) is 18.6. The number of rotatable bonds is 8. The summed E-state index contributed by atoms with van der Waals surface area (Å²) >= 11 is 0. The van der Waals surface area contributed by atoms with E-state index in [4.69, 9.17) is 9.47 Å². The smallest absolute Gasteiger partial charge is 0.231 e. The molecule has 0 aromatic heterocycles. The van der Waals surface area contributed by atoms with Gasteiger partial charge in [0.2, 0.25) is 6.79 Å². The second-order valence-corrected chi connectivity index (χ2v) is 8.01. The van der Waals surface area contributed by atoms with Gasteiger partial charge >= 0.3 is 0 Å². The fourth-order valence-corrected chi connectivity index (χ4v) is 4.10. The van der Waals surface area contributed by atoms with Crippen molar-refractivity contribution in [1.29, 1.82) is 0 Å². The number of ether oxygens (including phenoxy) is 2. The van der Waals surface area contributed by atoms with E-state index >= 15 is 0 Å². The van der Waals surface area contributed by atoms with E-state index in [0.717, 1.165) is 56.5 Å². The van der Waals surface area contributed by atoms with Crippen LogP contribution in [-0.4, -0.2) is 57.4 Å². The van der Waals surface area contributed by atoms with Gasteiger partial charge < -0.3 is 25.0 Å². The first-order chi connectivity index (χ1) is 14.8. The van der Waals surface area contributed by atoms with Crippen LogP contribution in [-0.2, 0) is 12.8 Å². The summed E-state index contributed by atoms with van der Waals surface area (Å²) in [6.07, 6.45) is 3.29. The van der Waals surface area contributed by atoms with Gasteiger partial charge in [0.1, 0.15) is 0 Å². The van der Waals surface area contributed by atoms with Crippen molar-refractivity contribution in [2.45, 2.75) is 19.3 Å². The summed E-state index contributed by atoms with van der Waals surface area (Å²) in [5.74, 6) is 3.22. The quantitative estimate of drug-likeness (QED) is 0.520. The topological polar surface area (TPSA) is 58.1 Å². The predicted molar refractivity (Wildman–Crippen MR) is 120 cm³/mol. The molecule has 1 unspecified atom stereocenters. The van der Waals surface area contributed by atoms with Crippen LogP contribution in [0.5, 0.6) is 11.5 Å². The van der Waals surface area contributed by atoms with E-state index < -0.39 is 0 Å². The van der Waals surface area contributed by atoms with Crippen LogP contribution in [0.15, 0.2) is 53.5 Å². The Morgan fingerprint density at radius 3 is 2.77 bits per heavy atom. The molecular weight excluding hydrogens is 376 g/mol. The minimum Gasteiger partial charge on any atom is -0.454 e. The SMILES string of the molecule is CN=C(NCCc1ccc2c(c1)OCO2)NCC1CCN(CCc2ccccc2)C1. The van der Waals surface area contributed by atoms with Gasteiger partial charge in [0.25, 0.3) is 0 Å². The van der Waals surface area contributed by atoms with Gasteiger partial charge in [0, 0.05) is 33.2 Å². The summed E-state index contributed by atoms with van der Waals surface area (Å²) in [4.78, 5) is 6.95. The lowest BCUT2D eigenvalue weighted by molar-refractivity contribution is 0.174. The maximum absolute atomic E-state index is 5.45. The fraction of sp³-hybridized carbons (Fsp3) is 0.458. The van der Waals surface area contributed by atoms with Crippen molar-refractivity contribution in [2.75, 3.05) is 46.6 Å². The van der Waals surface area contributed by atoms with Crippen molar-refractivity contribution in [3.63, 3.8) is 0 Å². The molecule has 2 aromatic rings. The van der Waals surface area contributed by atoms with Crippen LogP contribution in [0.25, 0.3) is 0 Å². The monoisotopic (exact) mass is 408 g/mol. The van der Waals surface area contributed by atoms with E-state index in [9.17, 15) is 0 Å². The van der Waals surface area contributed by atoms with Gasteiger partial charge in [-0.25, -0.2) is 0 Å². The summed E-state index contributed by atoms with van der Waals surface area (Å²) in [5.41, 5.74) is 2.65. The first kappa shape index (κ1) is 20.5. The Kier molecular flexibility index (Phi) is 7.08. The number of nitrogens with zero attached hydrogens (tertiary/aromatic N) is 2. The molecule has 0 aliphatic carbocycles. The fourth-order valence-electron chi connectivity index (χ4n) is 4.10. The molecule has 0 amide bonds. The van der Waals surface area contributed by atoms with Gasteiger partial charge in [-0.1, -0.05) is 36.4 Å². The Morgan fingerprint density at radius 2 is 1.90 bits per heavy atom. The van der Waals surface area contributed by atoms with Crippen LogP contribution in [0.1, 0.15) is 17.5 Å². The third kappa shape index (κ3) is 5.66. The lowest BCUT2D eigenvalue weighted by atomic mass is 10.1. The van der Waals surface area contributed by atoms with E-state index in [1.807, 2.05) is 13.1 Å². The molecule has 0 spiro atoms. The van der Waals surface area contributed by atoms with Crippen molar-refractivity contribution in [1.82, 2.24) is 15.5 Å². The van der Waals surface area contributed by atoms with Gasteiger partial charge in [0.15, 0.2) is 17.5 Å². The molecule has 160 valence electrons. The lowest BCUT2D eigenvalue weighted by Crippen LogP contribution is -2.41. The summed E-state index contributed by atoms with van der Waals surface area (Å²) in [7, 11) is 1.83. The summed E-state index contributed by atoms with van der Waals surface area (Å²) in [6.45, 7) is 5.60. The number of hydrogen-bond acceptors (Lipinski definition) is 4. The zero-order valence-electron chi connectivity index (χ0n) is 17.8. The van der Waals surface area contributed by atoms with Crippen molar-refractivity contribution >= 4 is 5.96 Å². The molecule has 0 bridgehead atoms. The molecule has 0 radical (unpaired) electrons. The molecule has 2 heterocycles. The molecule has 1 atom stereocenters. The van der Waals surface area contributed by atoms with Crippen LogP contribution in [0, 0.1) is 5.92 Å². The average Bonchev–Trinajstić information content (AvgIpc) is 3.44.